The highest BCUT2D eigenvalue weighted by atomic mass is 32.2. The summed E-state index contributed by atoms with van der Waals surface area (Å²) in [5, 5.41) is 24.4. The zero-order chi connectivity index (χ0) is 68.9. The summed E-state index contributed by atoms with van der Waals surface area (Å²) in [5.41, 5.74) is 41.4. The van der Waals surface area contributed by atoms with Crippen molar-refractivity contribution in [1.82, 2.24) is 41.0 Å². The lowest BCUT2D eigenvalue weighted by molar-refractivity contribution is -0.150. The number of thioether (sulfide) groups is 1. The van der Waals surface area contributed by atoms with Gasteiger partial charge in [-0.2, -0.15) is 11.8 Å². The molecule has 8 rings (SSSR count). The molecule has 0 aliphatic carbocycles. The maximum absolute atomic E-state index is 11.6. The number of benzene rings is 5. The second-order valence-corrected chi connectivity index (χ2v) is 22.8. The van der Waals surface area contributed by atoms with Gasteiger partial charge in [-0.25, -0.2) is 4.98 Å². The largest absolute Gasteiger partial charge is 0.480 e. The number of carbonyl (C=O) groups excluding carboxylic acids is 6. The number of nitrogens with one attached hydrogen (secondary N) is 6. The van der Waals surface area contributed by atoms with Crippen LogP contribution in [0.3, 0.4) is 0 Å². The van der Waals surface area contributed by atoms with Crippen molar-refractivity contribution in [2.75, 3.05) is 88.0 Å². The predicted molar refractivity (Wildman–Crippen MR) is 376 cm³/mol. The summed E-state index contributed by atoms with van der Waals surface area (Å²) in [6, 6.07) is 39.3. The molecular formula is C69H99N15O8S. The number of anilines is 2. The number of carbonyl (C=O) groups is 7. The van der Waals surface area contributed by atoms with Crippen LogP contribution in [0.25, 0.3) is 16.3 Å². The Bertz CT molecular complexity index is 3190. The molecule has 2 unspecified atom stereocenters. The van der Waals surface area contributed by atoms with Gasteiger partial charge in [-0.05, 0) is 104 Å². The van der Waals surface area contributed by atoms with Crippen LogP contribution in [-0.2, 0) is 46.5 Å². The molecule has 5 aromatic carbocycles. The minimum atomic E-state index is -0.920. The number of aromatic nitrogens is 2. The normalized spacial score (nSPS) is 13.5. The molecule has 6 aromatic rings. The van der Waals surface area contributed by atoms with Crippen LogP contribution in [0.5, 0.6) is 0 Å². The van der Waals surface area contributed by atoms with Gasteiger partial charge < -0.3 is 71.1 Å². The second-order valence-electron chi connectivity index (χ2n) is 21.4. The van der Waals surface area contributed by atoms with E-state index in [1.165, 1.54) is 36.6 Å². The number of nitrogen functional groups attached to an aromatic ring is 1. The summed E-state index contributed by atoms with van der Waals surface area (Å²) in [4.78, 5) is 86.9. The number of nitrogens with zero attached hydrogens (tertiary/aromatic N) is 3. The fourth-order valence-electron chi connectivity index (χ4n) is 8.34. The Kier molecular flexibility index (Phi) is 40.9. The fraction of sp³-hybridized carbons (Fsp3) is 0.391. The molecule has 19 N–H and O–H groups in total. The number of H-pyrrole nitrogens is 1. The standard InChI is InChI=1S/C15H15N.C13H13NO.C12H18N2.C9H14N4O4.C8H17N3.C7H11N3O.C5H11NO2S/c1-11-7-6-10-14(16)15(11)12(2)13-8-4-3-5-9-13;1-2-13(15)14-12-8-7-10-5-3-4-6-11(10)9-12;13-12-6-8-14(9-7-12)10-11-4-2-1-3-5-11;1-5(10)9(17)12-3-8(16)13-4-6(14)11-2-7(13)15;1-2-3-5-10-7-8-11-6-4-9;1-5(11)7(8)2-6-3-9-4-10-6;1-2-9-3-4(6)5(7)8/h3-10H,2,16H2,1H3;3-9H,2H2,1H3,(H,14,15);1-5,12H,6-10,13H2;5H,2-4,10H2,1H3,(H,11,14)(H,12,17);1,10-11H,3-9H2;3-4,7H,2,8H2,1H3,(H,9,10);4H,2-3,6H2,1H3,(H,7,8)/t;;;;;;4-/m......0/s1. The van der Waals surface area contributed by atoms with Gasteiger partial charge in [0.25, 0.3) is 0 Å². The molecule has 24 heteroatoms. The lowest BCUT2D eigenvalue weighted by Crippen LogP contribution is -2.56. The van der Waals surface area contributed by atoms with Crippen LogP contribution in [0.4, 0.5) is 11.4 Å². The molecule has 2 saturated heterocycles. The molecule has 0 saturated carbocycles. The number of aliphatic carboxylic acids is 1. The number of aromatic amines is 1. The number of ketones is 1. The van der Waals surface area contributed by atoms with Crippen molar-refractivity contribution in [1.29, 1.82) is 0 Å². The minimum absolute atomic E-state index is 0.000370. The van der Waals surface area contributed by atoms with Crippen LogP contribution in [-0.4, -0.2) is 167 Å². The summed E-state index contributed by atoms with van der Waals surface area (Å²) < 4.78 is 0. The molecule has 3 heterocycles. The van der Waals surface area contributed by atoms with E-state index in [2.05, 4.69) is 103 Å². The van der Waals surface area contributed by atoms with Crippen molar-refractivity contribution in [3.05, 3.63) is 168 Å². The van der Waals surface area contributed by atoms with E-state index in [-0.39, 0.29) is 31.3 Å². The van der Waals surface area contributed by atoms with Gasteiger partial charge in [0.15, 0.2) is 0 Å². The first-order valence-corrected chi connectivity index (χ1v) is 32.1. The van der Waals surface area contributed by atoms with Gasteiger partial charge in [-0.1, -0.05) is 124 Å². The number of fused-ring (bicyclic) bond motifs is 1. The maximum Gasteiger partial charge on any atom is 0.321 e. The molecule has 504 valence electrons. The number of piperazine rings is 1. The number of rotatable bonds is 23. The van der Waals surface area contributed by atoms with E-state index in [0.29, 0.717) is 31.2 Å². The SMILES string of the molecule is C#CCCNCCNCCN.C=C(c1ccccc1)c1c(C)cccc1N.CC(=O)C(N)Cc1cnc[nH]1.CC(N)C(=O)NCC(=O)N1CC(=O)NCC1=O.CCC(=O)Nc1ccc2ccccc2c1.CCSC[C@H](N)C(=O)O.NC1CCN(Cc2ccccc2)CC1. The Hall–Kier alpha value is -8.61. The van der Waals surface area contributed by atoms with Crippen molar-refractivity contribution < 1.29 is 38.7 Å². The van der Waals surface area contributed by atoms with Crippen LogP contribution < -0.4 is 61.0 Å². The third-order valence-corrected chi connectivity index (χ3v) is 14.7. The van der Waals surface area contributed by atoms with Crippen LogP contribution in [0.2, 0.25) is 0 Å². The van der Waals surface area contributed by atoms with Gasteiger partial charge in [-0.15, -0.1) is 12.3 Å². The number of imide groups is 1. The molecule has 5 amide bonds. The topological polar surface area (TPSA) is 391 Å². The van der Waals surface area contributed by atoms with Gasteiger partial charge in [0.1, 0.15) is 18.4 Å². The molecule has 3 atom stereocenters. The predicted octanol–water partition coefficient (Wildman–Crippen LogP) is 4.54. The molecule has 2 fully saturated rings. The Morgan fingerprint density at radius 3 is 2.05 bits per heavy atom. The molecule has 2 aliphatic rings. The molecule has 1 aromatic heterocycles. The number of Topliss-reactive ketones (excluding diaryl/α,β-unsaturated/α-hetero) is 1. The maximum atomic E-state index is 11.6. The van der Waals surface area contributed by atoms with Crippen LogP contribution in [0.1, 0.15) is 81.3 Å². The van der Waals surface area contributed by atoms with Gasteiger partial charge in [-0.3, -0.25) is 43.4 Å². The third-order valence-electron chi connectivity index (χ3n) is 13.7. The highest BCUT2D eigenvalue weighted by Crippen LogP contribution is 2.29. The lowest BCUT2D eigenvalue weighted by Gasteiger charge is -2.29. The highest BCUT2D eigenvalue weighted by molar-refractivity contribution is 7.99. The fourth-order valence-corrected chi connectivity index (χ4v) is 8.97. The Balaban J connectivity index is 0.000000373. The number of imidazole rings is 1. The number of amides is 5. The number of carboxylic acids is 1. The van der Waals surface area contributed by atoms with Crippen molar-refractivity contribution in [3.63, 3.8) is 0 Å². The highest BCUT2D eigenvalue weighted by Gasteiger charge is 2.28. The smallest absolute Gasteiger partial charge is 0.321 e. The zero-order valence-corrected chi connectivity index (χ0v) is 55.4. The molecule has 0 spiro atoms. The number of carboxylic acid groups (broad SMARTS) is 1. The Morgan fingerprint density at radius 2 is 1.48 bits per heavy atom. The first-order chi connectivity index (χ1) is 44.5. The number of piperidine rings is 1. The Morgan fingerprint density at radius 1 is 0.849 bits per heavy atom. The summed E-state index contributed by atoms with van der Waals surface area (Å²) in [6.07, 6.45) is 12.4. The van der Waals surface area contributed by atoms with Crippen LogP contribution in [0.15, 0.2) is 140 Å². The van der Waals surface area contributed by atoms with E-state index < -0.39 is 47.7 Å². The number of nitrogens with two attached hydrogens (primary N) is 6. The summed E-state index contributed by atoms with van der Waals surface area (Å²) >= 11 is 1.54. The van der Waals surface area contributed by atoms with E-state index >= 15 is 0 Å². The quantitative estimate of drug-likeness (QED) is 0.0238. The van der Waals surface area contributed by atoms with Crippen LogP contribution >= 0.6 is 11.8 Å². The van der Waals surface area contributed by atoms with Gasteiger partial charge >= 0.3 is 5.97 Å². The van der Waals surface area contributed by atoms with Gasteiger partial charge in [0.05, 0.1) is 31.5 Å². The summed E-state index contributed by atoms with van der Waals surface area (Å²) in [7, 11) is 0. The molecule has 0 radical (unpaired) electrons. The summed E-state index contributed by atoms with van der Waals surface area (Å²) in [5.74, 6) is 1.09. The van der Waals surface area contributed by atoms with E-state index in [4.69, 9.17) is 45.9 Å². The van der Waals surface area contributed by atoms with Crippen LogP contribution in [0, 0.1) is 19.3 Å². The molecule has 23 nitrogen and oxygen atoms in total. The number of terminal acetylenes is 1. The first kappa shape index (κ1) is 80.5. The second kappa shape index (κ2) is 47.3. The molecular weight excluding hydrogens is 1200 g/mol. The average molecular weight is 1300 g/mol. The molecule has 2 aliphatic heterocycles. The third kappa shape index (κ3) is 34.6. The Labute approximate surface area is 552 Å². The molecule has 93 heavy (non-hydrogen) atoms. The number of hydrogen-bond acceptors (Lipinski definition) is 18. The number of likely N-dealkylation sites (tertiary alicyclic amines) is 1. The van der Waals surface area contributed by atoms with E-state index in [9.17, 15) is 33.6 Å². The van der Waals surface area contributed by atoms with E-state index in [0.717, 1.165) is 120 Å². The van der Waals surface area contributed by atoms with Crippen molar-refractivity contribution in [2.45, 2.75) is 97.4 Å². The van der Waals surface area contributed by atoms with Crippen molar-refractivity contribution in [3.8, 4) is 12.3 Å². The zero-order valence-electron chi connectivity index (χ0n) is 54.5. The number of aryl methyl sites for hydroxylation is 1. The van der Waals surface area contributed by atoms with Gasteiger partial charge in [0.2, 0.25) is 29.5 Å². The van der Waals surface area contributed by atoms with E-state index in [1.807, 2.05) is 92.7 Å². The number of hydrogen-bond donors (Lipinski definition) is 13. The van der Waals surface area contributed by atoms with E-state index in [1.54, 1.807) is 12.5 Å². The summed E-state index contributed by atoms with van der Waals surface area (Å²) in [6.45, 7) is 19.9. The van der Waals surface area contributed by atoms with Crippen molar-refractivity contribution in [2.24, 2.45) is 28.7 Å². The first-order valence-electron chi connectivity index (χ1n) is 30.9. The monoisotopic (exact) mass is 1300 g/mol. The minimum Gasteiger partial charge on any atom is -0.480 e. The lowest BCUT2D eigenvalue weighted by atomic mass is 9.94. The molecule has 0 bridgehead atoms. The average Bonchev–Trinajstić information content (AvgIpc) is 1.59. The van der Waals surface area contributed by atoms with Crippen molar-refractivity contribution >= 4 is 80.8 Å². The van der Waals surface area contributed by atoms with Gasteiger partial charge in [0, 0.05) is 99.2 Å².